The molecule has 0 amide bonds. The maximum absolute atomic E-state index is 5.93. The van der Waals surface area contributed by atoms with Crippen LogP contribution in [0.5, 0.6) is 0 Å². The van der Waals surface area contributed by atoms with Crippen LogP contribution in [0, 0.1) is 0 Å². The quantitative estimate of drug-likeness (QED) is 0.688. The Hall–Kier alpha value is -0.430. The van der Waals surface area contributed by atoms with Gasteiger partial charge in [0.15, 0.2) is 8.68 Å². The van der Waals surface area contributed by atoms with Gasteiger partial charge in [0.05, 0.1) is 0 Å². The summed E-state index contributed by atoms with van der Waals surface area (Å²) >= 11 is 10.8. The molecule has 3 nitrogen and oxygen atoms in total. The number of anilines is 1. The fraction of sp³-hybridized carbons (Fsp3) is 0.200. The van der Waals surface area contributed by atoms with Gasteiger partial charge in [-0.1, -0.05) is 46.5 Å². The van der Waals surface area contributed by atoms with Gasteiger partial charge in [-0.2, -0.15) is 0 Å². The fourth-order valence-corrected chi connectivity index (χ4v) is 3.81. The SMILES string of the molecule is CSc1nnc(SCc2cc(Cl)ccc2N)s1. The first-order valence-corrected chi connectivity index (χ1v) is 8.13. The standard InChI is InChI=1S/C10H10ClN3S3/c1-15-9-13-14-10(17-9)16-5-6-4-7(11)2-3-8(6)12/h2-4H,5,12H2,1H3. The van der Waals surface area contributed by atoms with Gasteiger partial charge in [-0.25, -0.2) is 0 Å². The largest absolute Gasteiger partial charge is 0.398 e. The van der Waals surface area contributed by atoms with Gasteiger partial charge in [0.2, 0.25) is 0 Å². The van der Waals surface area contributed by atoms with Crippen LogP contribution in [0.3, 0.4) is 0 Å². The monoisotopic (exact) mass is 303 g/mol. The second-order valence-electron chi connectivity index (χ2n) is 3.17. The lowest BCUT2D eigenvalue weighted by atomic mass is 10.2. The van der Waals surface area contributed by atoms with Gasteiger partial charge in [-0.15, -0.1) is 10.2 Å². The Morgan fingerprint density at radius 3 is 2.82 bits per heavy atom. The highest BCUT2D eigenvalue weighted by Crippen LogP contribution is 2.31. The first-order valence-electron chi connectivity index (χ1n) is 4.73. The van der Waals surface area contributed by atoms with E-state index in [1.165, 1.54) is 0 Å². The van der Waals surface area contributed by atoms with Crippen molar-refractivity contribution in [3.8, 4) is 0 Å². The molecule has 0 spiro atoms. The molecule has 0 aliphatic carbocycles. The predicted molar refractivity (Wildman–Crippen MR) is 77.1 cm³/mol. The number of halogens is 1. The van der Waals surface area contributed by atoms with Crippen LogP contribution >= 0.6 is 46.5 Å². The van der Waals surface area contributed by atoms with Gasteiger partial charge >= 0.3 is 0 Å². The van der Waals surface area contributed by atoms with Gasteiger partial charge in [-0.3, -0.25) is 0 Å². The van der Waals surface area contributed by atoms with E-state index in [0.29, 0.717) is 5.02 Å². The normalized spacial score (nSPS) is 10.7. The Balaban J connectivity index is 2.04. The van der Waals surface area contributed by atoms with Crippen molar-refractivity contribution in [1.29, 1.82) is 0 Å². The average molecular weight is 304 g/mol. The van der Waals surface area contributed by atoms with Crippen molar-refractivity contribution in [1.82, 2.24) is 10.2 Å². The minimum atomic E-state index is 0.705. The zero-order valence-electron chi connectivity index (χ0n) is 9.01. The average Bonchev–Trinajstić information content (AvgIpc) is 2.78. The second-order valence-corrected chi connectivity index (χ2v) is 6.86. The summed E-state index contributed by atoms with van der Waals surface area (Å²) in [4.78, 5) is 0. The summed E-state index contributed by atoms with van der Waals surface area (Å²) in [6, 6.07) is 5.51. The van der Waals surface area contributed by atoms with Gasteiger partial charge in [0.25, 0.3) is 0 Å². The van der Waals surface area contributed by atoms with E-state index in [9.17, 15) is 0 Å². The van der Waals surface area contributed by atoms with Crippen LogP contribution in [-0.2, 0) is 5.75 Å². The summed E-state index contributed by atoms with van der Waals surface area (Å²) in [7, 11) is 0. The highest BCUT2D eigenvalue weighted by atomic mass is 35.5. The topological polar surface area (TPSA) is 51.8 Å². The molecule has 2 N–H and O–H groups in total. The van der Waals surface area contributed by atoms with Crippen LogP contribution in [0.4, 0.5) is 5.69 Å². The Bertz CT molecular complexity index is 515. The minimum absolute atomic E-state index is 0.705. The van der Waals surface area contributed by atoms with Gasteiger partial charge in [0, 0.05) is 16.5 Å². The number of rotatable bonds is 4. The molecule has 7 heteroatoms. The molecule has 2 rings (SSSR count). The van der Waals surface area contributed by atoms with Crippen molar-refractivity contribution >= 4 is 52.1 Å². The molecule has 2 aromatic rings. The van der Waals surface area contributed by atoms with Crippen molar-refractivity contribution in [2.24, 2.45) is 0 Å². The van der Waals surface area contributed by atoms with Crippen molar-refractivity contribution in [2.45, 2.75) is 14.4 Å². The van der Waals surface area contributed by atoms with Gasteiger partial charge in [-0.05, 0) is 30.0 Å². The predicted octanol–water partition coefficient (Wildman–Crippen LogP) is 3.79. The van der Waals surface area contributed by atoms with E-state index in [-0.39, 0.29) is 0 Å². The van der Waals surface area contributed by atoms with E-state index >= 15 is 0 Å². The molecule has 0 atom stereocenters. The summed E-state index contributed by atoms with van der Waals surface area (Å²) in [5.74, 6) is 0.759. The zero-order valence-corrected chi connectivity index (χ0v) is 12.2. The third kappa shape index (κ3) is 3.51. The van der Waals surface area contributed by atoms with Crippen LogP contribution in [0.1, 0.15) is 5.56 Å². The summed E-state index contributed by atoms with van der Waals surface area (Å²) in [6.07, 6.45) is 1.99. The molecule has 1 heterocycles. The van der Waals surface area contributed by atoms with Crippen LogP contribution in [-0.4, -0.2) is 16.5 Å². The molecule has 1 aromatic heterocycles. The van der Waals surface area contributed by atoms with Gasteiger partial charge < -0.3 is 5.73 Å². The van der Waals surface area contributed by atoms with E-state index < -0.39 is 0 Å². The number of benzene rings is 1. The van der Waals surface area contributed by atoms with E-state index in [2.05, 4.69) is 10.2 Å². The van der Waals surface area contributed by atoms with Crippen LogP contribution < -0.4 is 5.73 Å². The second kappa shape index (κ2) is 5.95. The minimum Gasteiger partial charge on any atom is -0.398 e. The lowest BCUT2D eigenvalue weighted by Crippen LogP contribution is -1.92. The summed E-state index contributed by atoms with van der Waals surface area (Å²) in [5, 5.41) is 8.84. The molecule has 0 saturated carbocycles. The number of hydrogen-bond acceptors (Lipinski definition) is 6. The number of nitrogen functional groups attached to an aromatic ring is 1. The van der Waals surface area contributed by atoms with Crippen LogP contribution in [0.25, 0.3) is 0 Å². The molecular weight excluding hydrogens is 294 g/mol. The molecule has 17 heavy (non-hydrogen) atoms. The number of aromatic nitrogens is 2. The van der Waals surface area contributed by atoms with Crippen LogP contribution in [0.2, 0.25) is 5.02 Å². The first-order chi connectivity index (χ1) is 8.19. The smallest absolute Gasteiger partial charge is 0.175 e. The summed E-state index contributed by atoms with van der Waals surface area (Å²) in [6.45, 7) is 0. The molecule has 0 fully saturated rings. The van der Waals surface area contributed by atoms with Crippen molar-refractivity contribution < 1.29 is 0 Å². The van der Waals surface area contributed by atoms with Crippen LogP contribution in [0.15, 0.2) is 26.9 Å². The molecule has 90 valence electrons. The lowest BCUT2D eigenvalue weighted by Gasteiger charge is -2.03. The molecule has 0 unspecified atom stereocenters. The molecule has 0 aliphatic heterocycles. The lowest BCUT2D eigenvalue weighted by molar-refractivity contribution is 0.955. The maximum Gasteiger partial charge on any atom is 0.175 e. The first kappa shape index (κ1) is 13.0. The molecule has 0 saturated heterocycles. The number of thioether (sulfide) groups is 2. The molecule has 1 aromatic carbocycles. The number of nitrogens with zero attached hydrogens (tertiary/aromatic N) is 2. The number of hydrogen-bond donors (Lipinski definition) is 1. The third-order valence-corrected chi connectivity index (χ3v) is 5.33. The van der Waals surface area contributed by atoms with Gasteiger partial charge in [0.1, 0.15) is 0 Å². The molecule has 0 bridgehead atoms. The summed E-state index contributed by atoms with van der Waals surface area (Å²) in [5.41, 5.74) is 7.67. The molecular formula is C10H10ClN3S3. The molecule has 0 aliphatic rings. The number of nitrogens with two attached hydrogens (primary N) is 1. The van der Waals surface area contributed by atoms with E-state index in [1.807, 2.05) is 18.4 Å². The van der Waals surface area contributed by atoms with E-state index in [0.717, 1.165) is 25.7 Å². The molecule has 0 radical (unpaired) electrons. The van der Waals surface area contributed by atoms with E-state index in [1.54, 1.807) is 40.9 Å². The third-order valence-electron chi connectivity index (χ3n) is 2.02. The Labute approximate surface area is 117 Å². The van der Waals surface area contributed by atoms with Crippen molar-refractivity contribution in [2.75, 3.05) is 12.0 Å². The van der Waals surface area contributed by atoms with Crippen molar-refractivity contribution in [3.05, 3.63) is 28.8 Å². The van der Waals surface area contributed by atoms with Crippen molar-refractivity contribution in [3.63, 3.8) is 0 Å². The summed E-state index contributed by atoms with van der Waals surface area (Å²) < 4.78 is 1.93. The maximum atomic E-state index is 5.93. The highest BCUT2D eigenvalue weighted by Gasteiger charge is 2.06. The Morgan fingerprint density at radius 2 is 2.12 bits per heavy atom. The van der Waals surface area contributed by atoms with E-state index in [4.69, 9.17) is 17.3 Å². The Kier molecular flexibility index (Phi) is 4.55. The Morgan fingerprint density at radius 1 is 1.35 bits per heavy atom. The highest BCUT2D eigenvalue weighted by molar-refractivity contribution is 8.02. The fourth-order valence-electron chi connectivity index (χ4n) is 1.18. The zero-order chi connectivity index (χ0) is 12.3.